The summed E-state index contributed by atoms with van der Waals surface area (Å²) in [4.78, 5) is 14.4. The number of carbonyl (C=O) groups is 1. The third-order valence-electron chi connectivity index (χ3n) is 2.58. The lowest BCUT2D eigenvalue weighted by atomic mass is 10.2. The molecule has 1 aliphatic rings. The second-order valence-electron chi connectivity index (χ2n) is 3.76. The Hall–Kier alpha value is -0.0600. The molecule has 0 N–H and O–H groups in total. The zero-order chi connectivity index (χ0) is 11.7. The fourth-order valence-corrected chi connectivity index (χ4v) is 2.85. The van der Waals surface area contributed by atoms with Crippen LogP contribution in [0, 0.1) is 0 Å². The zero-order valence-corrected chi connectivity index (χ0v) is 12.3. The molecule has 5 heteroatoms. The molecule has 1 atom stereocenters. The average Bonchev–Trinajstić information content (AvgIpc) is 2.67. The van der Waals surface area contributed by atoms with Crippen molar-refractivity contribution in [2.45, 2.75) is 11.2 Å². The summed E-state index contributed by atoms with van der Waals surface area (Å²) in [7, 11) is 0. The lowest BCUT2D eigenvalue weighted by Crippen LogP contribution is -2.29. The molecule has 0 aliphatic carbocycles. The van der Waals surface area contributed by atoms with E-state index in [0.29, 0.717) is 15.4 Å². The molecule has 0 bridgehead atoms. The van der Waals surface area contributed by atoms with Crippen molar-refractivity contribution >= 4 is 49.4 Å². The first kappa shape index (κ1) is 12.4. The van der Waals surface area contributed by atoms with Crippen LogP contribution in [0.1, 0.15) is 16.8 Å². The third kappa shape index (κ3) is 2.60. The Morgan fingerprint density at radius 1 is 1.50 bits per heavy atom. The number of rotatable bonds is 1. The van der Waals surface area contributed by atoms with E-state index < -0.39 is 0 Å². The van der Waals surface area contributed by atoms with Crippen molar-refractivity contribution in [3.05, 3.63) is 33.3 Å². The van der Waals surface area contributed by atoms with E-state index >= 15 is 0 Å². The van der Waals surface area contributed by atoms with E-state index in [1.54, 1.807) is 12.1 Å². The molecule has 1 heterocycles. The number of likely N-dealkylation sites (tertiary alicyclic amines) is 1. The van der Waals surface area contributed by atoms with Gasteiger partial charge >= 0.3 is 0 Å². The molecule has 16 heavy (non-hydrogen) atoms. The van der Waals surface area contributed by atoms with E-state index in [2.05, 4.69) is 31.9 Å². The monoisotopic (exact) mass is 365 g/mol. The number of hydrogen-bond acceptors (Lipinski definition) is 1. The van der Waals surface area contributed by atoms with E-state index in [1.165, 1.54) is 0 Å². The maximum absolute atomic E-state index is 12.2. The van der Waals surface area contributed by atoms with Crippen LogP contribution in [-0.2, 0) is 0 Å². The first-order valence-corrected chi connectivity index (χ1v) is 7.05. The van der Waals surface area contributed by atoms with Gasteiger partial charge in [-0.15, -0.1) is 0 Å². The van der Waals surface area contributed by atoms with Gasteiger partial charge in [-0.05, 0) is 24.6 Å². The maximum Gasteiger partial charge on any atom is 0.255 e. The van der Waals surface area contributed by atoms with E-state index in [4.69, 9.17) is 11.6 Å². The Bertz CT molecular complexity index is 424. The molecule has 2 nitrogen and oxygen atoms in total. The number of halogens is 3. The van der Waals surface area contributed by atoms with Crippen molar-refractivity contribution in [3.8, 4) is 0 Å². The number of amides is 1. The minimum Gasteiger partial charge on any atom is -0.337 e. The molecular weight excluding hydrogens is 357 g/mol. The van der Waals surface area contributed by atoms with Gasteiger partial charge < -0.3 is 4.90 Å². The highest BCUT2D eigenvalue weighted by atomic mass is 79.9. The summed E-state index contributed by atoms with van der Waals surface area (Å²) in [5.74, 6) is 0.00764. The number of benzene rings is 1. The lowest BCUT2D eigenvalue weighted by molar-refractivity contribution is 0.0793. The Morgan fingerprint density at radius 3 is 2.88 bits per heavy atom. The number of alkyl halides is 1. The van der Waals surface area contributed by atoms with Gasteiger partial charge in [0.15, 0.2) is 0 Å². The van der Waals surface area contributed by atoms with E-state index in [1.807, 2.05) is 11.0 Å². The van der Waals surface area contributed by atoms with Crippen LogP contribution in [0.25, 0.3) is 0 Å². The van der Waals surface area contributed by atoms with Crippen molar-refractivity contribution in [2.24, 2.45) is 0 Å². The Kier molecular flexibility index (Phi) is 3.93. The molecule has 2 rings (SSSR count). The number of carbonyl (C=O) groups excluding carboxylic acids is 1. The van der Waals surface area contributed by atoms with E-state index in [9.17, 15) is 4.79 Å². The van der Waals surface area contributed by atoms with Gasteiger partial charge in [0.1, 0.15) is 0 Å². The Morgan fingerprint density at radius 2 is 2.25 bits per heavy atom. The van der Waals surface area contributed by atoms with E-state index in [0.717, 1.165) is 24.0 Å². The fourth-order valence-electron chi connectivity index (χ4n) is 1.73. The molecule has 1 amide bonds. The van der Waals surface area contributed by atoms with Crippen molar-refractivity contribution < 1.29 is 4.79 Å². The summed E-state index contributed by atoms with van der Waals surface area (Å²) in [5, 5.41) is 0.506. The van der Waals surface area contributed by atoms with Crippen LogP contribution in [0.5, 0.6) is 0 Å². The van der Waals surface area contributed by atoms with Crippen molar-refractivity contribution in [1.29, 1.82) is 0 Å². The van der Waals surface area contributed by atoms with Crippen LogP contribution >= 0.6 is 43.5 Å². The predicted molar refractivity (Wildman–Crippen MR) is 72.4 cm³/mol. The van der Waals surface area contributed by atoms with Gasteiger partial charge in [-0.1, -0.05) is 43.5 Å². The predicted octanol–water partition coefficient (Wildman–Crippen LogP) is 3.71. The highest BCUT2D eigenvalue weighted by molar-refractivity contribution is 9.10. The number of nitrogens with zero attached hydrogens (tertiary/aromatic N) is 1. The van der Waals surface area contributed by atoms with Crippen LogP contribution in [-0.4, -0.2) is 28.7 Å². The summed E-state index contributed by atoms with van der Waals surface area (Å²) in [6.07, 6.45) is 0.997. The SMILES string of the molecule is O=C(c1cc(Br)ccc1Cl)N1CCC(Br)C1. The molecule has 0 radical (unpaired) electrons. The minimum atomic E-state index is 0.00764. The van der Waals surface area contributed by atoms with Gasteiger partial charge in [0.2, 0.25) is 0 Å². The molecule has 1 aliphatic heterocycles. The molecule has 0 aromatic heterocycles. The second-order valence-corrected chi connectivity index (χ2v) is 6.38. The zero-order valence-electron chi connectivity index (χ0n) is 8.42. The minimum absolute atomic E-state index is 0.00764. The molecule has 1 aromatic carbocycles. The van der Waals surface area contributed by atoms with Crippen LogP contribution in [0.4, 0.5) is 0 Å². The van der Waals surface area contributed by atoms with Gasteiger partial charge in [0.05, 0.1) is 10.6 Å². The van der Waals surface area contributed by atoms with Crippen LogP contribution < -0.4 is 0 Å². The van der Waals surface area contributed by atoms with Gasteiger partial charge in [-0.25, -0.2) is 0 Å². The van der Waals surface area contributed by atoms with Gasteiger partial charge in [0.25, 0.3) is 5.91 Å². The molecule has 0 spiro atoms. The first-order chi connectivity index (χ1) is 7.58. The third-order valence-corrected chi connectivity index (χ3v) is 4.15. The summed E-state index contributed by atoms with van der Waals surface area (Å²) < 4.78 is 0.870. The normalized spacial score (nSPS) is 20.2. The topological polar surface area (TPSA) is 20.3 Å². The first-order valence-electron chi connectivity index (χ1n) is 4.96. The summed E-state index contributed by atoms with van der Waals surface area (Å²) in [6.45, 7) is 1.54. The van der Waals surface area contributed by atoms with Crippen LogP contribution in [0.15, 0.2) is 22.7 Å². The average molecular weight is 367 g/mol. The standard InChI is InChI=1S/C11H10Br2ClNO/c12-7-1-2-10(14)9(5-7)11(16)15-4-3-8(13)6-15/h1-2,5,8H,3-4,6H2. The van der Waals surface area contributed by atoms with Crippen molar-refractivity contribution in [2.75, 3.05) is 13.1 Å². The van der Waals surface area contributed by atoms with Crippen LogP contribution in [0.2, 0.25) is 5.02 Å². The fraction of sp³-hybridized carbons (Fsp3) is 0.364. The molecule has 0 saturated carbocycles. The molecule has 1 fully saturated rings. The molecule has 86 valence electrons. The van der Waals surface area contributed by atoms with Crippen LogP contribution in [0.3, 0.4) is 0 Å². The molecule has 1 unspecified atom stereocenters. The number of hydrogen-bond donors (Lipinski definition) is 0. The highest BCUT2D eigenvalue weighted by Crippen LogP contribution is 2.25. The highest BCUT2D eigenvalue weighted by Gasteiger charge is 2.26. The summed E-state index contributed by atoms with van der Waals surface area (Å²) in [5.41, 5.74) is 0.567. The lowest BCUT2D eigenvalue weighted by Gasteiger charge is -2.16. The second kappa shape index (κ2) is 5.07. The Balaban J connectivity index is 2.23. The molecular formula is C11H10Br2ClNO. The summed E-state index contributed by atoms with van der Waals surface area (Å²) in [6, 6.07) is 5.34. The van der Waals surface area contributed by atoms with Gasteiger partial charge in [-0.3, -0.25) is 4.79 Å². The molecule has 1 aromatic rings. The van der Waals surface area contributed by atoms with Gasteiger partial charge in [0, 0.05) is 22.4 Å². The van der Waals surface area contributed by atoms with E-state index in [-0.39, 0.29) is 5.91 Å². The van der Waals surface area contributed by atoms with Gasteiger partial charge in [-0.2, -0.15) is 0 Å². The quantitative estimate of drug-likeness (QED) is 0.693. The smallest absolute Gasteiger partial charge is 0.255 e. The largest absolute Gasteiger partial charge is 0.337 e. The molecule has 1 saturated heterocycles. The Labute approximate surface area is 116 Å². The maximum atomic E-state index is 12.2. The van der Waals surface area contributed by atoms with Crippen molar-refractivity contribution in [3.63, 3.8) is 0 Å². The summed E-state index contributed by atoms with van der Waals surface area (Å²) >= 11 is 12.9. The van der Waals surface area contributed by atoms with Crippen molar-refractivity contribution in [1.82, 2.24) is 4.90 Å².